The highest BCUT2D eigenvalue weighted by Crippen LogP contribution is 2.33. The first-order valence-corrected chi connectivity index (χ1v) is 11.3. The van der Waals surface area contributed by atoms with Gasteiger partial charge in [-0.1, -0.05) is 15.9 Å². The van der Waals surface area contributed by atoms with Crippen LogP contribution < -0.4 is 5.32 Å². The molecular formula is C20H23BrN4O2S. The highest BCUT2D eigenvalue weighted by atomic mass is 79.9. The predicted molar refractivity (Wildman–Crippen MR) is 114 cm³/mol. The van der Waals surface area contributed by atoms with Crippen LogP contribution in [-0.2, 0) is 4.79 Å². The summed E-state index contributed by atoms with van der Waals surface area (Å²) < 4.78 is 0.936. The molecule has 2 aromatic rings. The minimum atomic E-state index is -0.166. The van der Waals surface area contributed by atoms with Gasteiger partial charge in [0, 0.05) is 28.5 Å². The van der Waals surface area contributed by atoms with E-state index in [9.17, 15) is 9.59 Å². The largest absolute Gasteiger partial charge is 0.342 e. The lowest BCUT2D eigenvalue weighted by molar-refractivity contribution is -0.131. The van der Waals surface area contributed by atoms with Crippen LogP contribution in [0, 0.1) is 0 Å². The summed E-state index contributed by atoms with van der Waals surface area (Å²) in [5.41, 5.74) is 1.54. The highest BCUT2D eigenvalue weighted by molar-refractivity contribution is 9.10. The lowest BCUT2D eigenvalue weighted by atomic mass is 10.1. The third kappa shape index (κ3) is 4.45. The number of likely N-dealkylation sites (tertiary alicyclic amines) is 2. The molecule has 148 valence electrons. The van der Waals surface area contributed by atoms with E-state index in [4.69, 9.17) is 0 Å². The van der Waals surface area contributed by atoms with Crippen LogP contribution in [0.4, 0.5) is 5.13 Å². The van der Waals surface area contributed by atoms with E-state index in [0.717, 1.165) is 55.5 Å². The first-order valence-electron chi connectivity index (χ1n) is 9.64. The first kappa shape index (κ1) is 19.5. The Morgan fingerprint density at radius 2 is 1.89 bits per heavy atom. The maximum Gasteiger partial charge on any atom is 0.257 e. The Labute approximate surface area is 177 Å². The molecule has 6 nitrogen and oxygen atoms in total. The molecule has 0 saturated carbocycles. The first-order chi connectivity index (χ1) is 13.6. The summed E-state index contributed by atoms with van der Waals surface area (Å²) in [5.74, 6) is 0.0595. The molecule has 3 heterocycles. The van der Waals surface area contributed by atoms with E-state index < -0.39 is 0 Å². The van der Waals surface area contributed by atoms with Crippen LogP contribution in [0.3, 0.4) is 0 Å². The third-order valence-electron chi connectivity index (χ3n) is 5.35. The summed E-state index contributed by atoms with van der Waals surface area (Å²) in [6, 6.07) is 7.39. The van der Waals surface area contributed by atoms with E-state index in [-0.39, 0.29) is 17.9 Å². The Kier molecular flexibility index (Phi) is 6.08. The van der Waals surface area contributed by atoms with Crippen LogP contribution in [-0.4, -0.2) is 52.8 Å². The number of amides is 2. The zero-order chi connectivity index (χ0) is 19.5. The molecule has 1 N–H and O–H groups in total. The van der Waals surface area contributed by atoms with Gasteiger partial charge in [0.2, 0.25) is 5.91 Å². The Morgan fingerprint density at radius 1 is 1.14 bits per heavy atom. The van der Waals surface area contributed by atoms with Crippen molar-refractivity contribution in [1.82, 2.24) is 14.8 Å². The number of benzene rings is 1. The van der Waals surface area contributed by atoms with Crippen molar-refractivity contribution in [3.8, 4) is 0 Å². The number of carbonyl (C=O) groups is 2. The average Bonchev–Trinajstić information content (AvgIpc) is 3.44. The summed E-state index contributed by atoms with van der Waals surface area (Å²) in [6.45, 7) is 3.16. The van der Waals surface area contributed by atoms with Crippen LogP contribution in [0.2, 0.25) is 0 Å². The van der Waals surface area contributed by atoms with Gasteiger partial charge in [0.05, 0.1) is 18.3 Å². The number of nitrogens with one attached hydrogen (secondary N) is 1. The van der Waals surface area contributed by atoms with Gasteiger partial charge >= 0.3 is 0 Å². The zero-order valence-electron chi connectivity index (χ0n) is 15.6. The molecule has 2 amide bonds. The summed E-state index contributed by atoms with van der Waals surface area (Å²) in [4.78, 5) is 33.8. The molecule has 1 aromatic carbocycles. The normalized spacial score (nSPS) is 19.9. The highest BCUT2D eigenvalue weighted by Gasteiger charge is 2.31. The number of aromatic nitrogens is 1. The molecule has 8 heteroatoms. The maximum absolute atomic E-state index is 12.5. The molecule has 0 aliphatic carbocycles. The molecule has 2 fully saturated rings. The standard InChI is InChI=1S/C20H23BrN4O2S/c21-15-7-5-14(6-8-15)19(27)23-20-22-16(13-28-20)17-4-3-11-25(17)12-18(26)24-9-1-2-10-24/h5-8,13,17H,1-4,9-12H2,(H,22,23,27). The van der Waals surface area contributed by atoms with E-state index in [1.807, 2.05) is 22.4 Å². The van der Waals surface area contributed by atoms with E-state index in [2.05, 4.69) is 31.1 Å². The van der Waals surface area contributed by atoms with Gasteiger partial charge in [-0.05, 0) is 56.5 Å². The minimum Gasteiger partial charge on any atom is -0.342 e. The van der Waals surface area contributed by atoms with Crippen molar-refractivity contribution in [2.45, 2.75) is 31.7 Å². The van der Waals surface area contributed by atoms with Gasteiger partial charge in [-0.2, -0.15) is 0 Å². The van der Waals surface area contributed by atoms with Gasteiger partial charge in [0.15, 0.2) is 5.13 Å². The number of thiazole rings is 1. The Balaban J connectivity index is 1.39. The Hall–Kier alpha value is -1.77. The number of rotatable bonds is 5. The summed E-state index contributed by atoms with van der Waals surface area (Å²) in [6.07, 6.45) is 4.29. The van der Waals surface area contributed by atoms with Crippen molar-refractivity contribution < 1.29 is 9.59 Å². The lowest BCUT2D eigenvalue weighted by Gasteiger charge is -2.25. The molecule has 2 saturated heterocycles. The molecular weight excluding hydrogens is 440 g/mol. The van der Waals surface area contributed by atoms with Gasteiger partial charge in [-0.3, -0.25) is 19.8 Å². The van der Waals surface area contributed by atoms with Crippen LogP contribution in [0.15, 0.2) is 34.1 Å². The van der Waals surface area contributed by atoms with E-state index in [1.54, 1.807) is 12.1 Å². The molecule has 0 spiro atoms. The van der Waals surface area contributed by atoms with E-state index >= 15 is 0 Å². The fourth-order valence-electron chi connectivity index (χ4n) is 3.86. The lowest BCUT2D eigenvalue weighted by Crippen LogP contribution is -2.38. The SMILES string of the molecule is O=C(Nc1nc(C2CCCN2CC(=O)N2CCCC2)cs1)c1ccc(Br)cc1. The van der Waals surface area contributed by atoms with Crippen molar-refractivity contribution in [3.63, 3.8) is 0 Å². The van der Waals surface area contributed by atoms with Crippen molar-refractivity contribution in [2.24, 2.45) is 0 Å². The minimum absolute atomic E-state index is 0.154. The fraction of sp³-hybridized carbons (Fsp3) is 0.450. The summed E-state index contributed by atoms with van der Waals surface area (Å²) in [7, 11) is 0. The van der Waals surface area contributed by atoms with Gasteiger partial charge < -0.3 is 4.90 Å². The topological polar surface area (TPSA) is 65.5 Å². The van der Waals surface area contributed by atoms with Crippen molar-refractivity contribution in [1.29, 1.82) is 0 Å². The monoisotopic (exact) mass is 462 g/mol. The maximum atomic E-state index is 12.5. The summed E-state index contributed by atoms with van der Waals surface area (Å²) in [5, 5.41) is 5.48. The van der Waals surface area contributed by atoms with E-state index in [0.29, 0.717) is 17.2 Å². The van der Waals surface area contributed by atoms with Crippen LogP contribution in [0.1, 0.15) is 47.8 Å². The number of anilines is 1. The van der Waals surface area contributed by atoms with Gasteiger partial charge in [-0.15, -0.1) is 11.3 Å². The molecule has 0 radical (unpaired) electrons. The molecule has 2 aliphatic heterocycles. The second kappa shape index (κ2) is 8.71. The number of halogens is 1. The number of nitrogens with zero attached hydrogens (tertiary/aromatic N) is 3. The summed E-state index contributed by atoms with van der Waals surface area (Å²) >= 11 is 4.81. The number of hydrogen-bond acceptors (Lipinski definition) is 5. The molecule has 1 aromatic heterocycles. The second-order valence-corrected chi connectivity index (χ2v) is 9.03. The fourth-order valence-corrected chi connectivity index (χ4v) is 4.87. The van der Waals surface area contributed by atoms with Gasteiger partial charge in [-0.25, -0.2) is 4.98 Å². The van der Waals surface area contributed by atoms with E-state index in [1.165, 1.54) is 11.3 Å². The predicted octanol–water partition coefficient (Wildman–Crippen LogP) is 3.92. The quantitative estimate of drug-likeness (QED) is 0.730. The Morgan fingerprint density at radius 3 is 2.64 bits per heavy atom. The van der Waals surface area contributed by atoms with Crippen LogP contribution in [0.5, 0.6) is 0 Å². The second-order valence-electron chi connectivity index (χ2n) is 7.25. The smallest absolute Gasteiger partial charge is 0.257 e. The third-order valence-corrected chi connectivity index (χ3v) is 6.66. The number of hydrogen-bond donors (Lipinski definition) is 1. The molecule has 1 unspecified atom stereocenters. The average molecular weight is 463 g/mol. The molecule has 0 bridgehead atoms. The van der Waals surface area contributed by atoms with Gasteiger partial charge in [0.1, 0.15) is 0 Å². The van der Waals surface area contributed by atoms with Crippen molar-refractivity contribution >= 4 is 44.2 Å². The Bertz CT molecular complexity index is 848. The molecule has 28 heavy (non-hydrogen) atoms. The van der Waals surface area contributed by atoms with Crippen molar-refractivity contribution in [2.75, 3.05) is 31.5 Å². The van der Waals surface area contributed by atoms with Gasteiger partial charge in [0.25, 0.3) is 5.91 Å². The van der Waals surface area contributed by atoms with Crippen LogP contribution in [0.25, 0.3) is 0 Å². The van der Waals surface area contributed by atoms with Crippen LogP contribution >= 0.6 is 27.3 Å². The zero-order valence-corrected chi connectivity index (χ0v) is 18.0. The molecule has 4 rings (SSSR count). The van der Waals surface area contributed by atoms with Crippen molar-refractivity contribution in [3.05, 3.63) is 45.4 Å². The molecule has 2 aliphatic rings. The number of carbonyl (C=O) groups excluding carboxylic acids is 2. The molecule has 1 atom stereocenters.